The quantitative estimate of drug-likeness (QED) is 0.565. The Hall–Kier alpha value is -2.33. The number of carbonyl (C=O) groups is 1. The molecule has 160 valence electrons. The summed E-state index contributed by atoms with van der Waals surface area (Å²) in [5.41, 5.74) is 2.55. The molecule has 0 radical (unpaired) electrons. The van der Waals surface area contributed by atoms with Gasteiger partial charge in [-0.05, 0) is 67.4 Å². The minimum Gasteiger partial charge on any atom is -0.377 e. The van der Waals surface area contributed by atoms with Gasteiger partial charge in [0.15, 0.2) is 5.11 Å². The molecule has 2 aromatic rings. The maximum Gasteiger partial charge on any atom is 0.240 e. The number of hydrogen-bond acceptors (Lipinski definition) is 5. The van der Waals surface area contributed by atoms with Crippen LogP contribution in [0.5, 0.6) is 0 Å². The summed E-state index contributed by atoms with van der Waals surface area (Å²) in [5, 5.41) is 5.68. The summed E-state index contributed by atoms with van der Waals surface area (Å²) in [4.78, 5) is 12.3. The maximum atomic E-state index is 12.4. The smallest absolute Gasteiger partial charge is 0.240 e. The van der Waals surface area contributed by atoms with Crippen LogP contribution in [0, 0.1) is 6.92 Å². The molecule has 3 N–H and O–H groups in total. The number of benzene rings is 2. The van der Waals surface area contributed by atoms with Gasteiger partial charge in [0, 0.05) is 18.8 Å². The summed E-state index contributed by atoms with van der Waals surface area (Å²) in [6, 6.07) is 13.8. The summed E-state index contributed by atoms with van der Waals surface area (Å²) in [7, 11) is -3.61. The van der Waals surface area contributed by atoms with E-state index in [4.69, 9.17) is 17.0 Å². The van der Waals surface area contributed by atoms with Crippen LogP contribution >= 0.6 is 12.2 Å². The normalized spacial score (nSPS) is 16.2. The largest absolute Gasteiger partial charge is 0.377 e. The second kappa shape index (κ2) is 10.1. The first-order valence-corrected chi connectivity index (χ1v) is 11.6. The molecule has 1 aliphatic heterocycles. The molecule has 9 heteroatoms. The minimum absolute atomic E-state index is 0.0682. The van der Waals surface area contributed by atoms with Gasteiger partial charge in [-0.1, -0.05) is 24.3 Å². The average Bonchev–Trinajstić information content (AvgIpc) is 3.22. The highest BCUT2D eigenvalue weighted by molar-refractivity contribution is 7.89. The molecule has 1 saturated heterocycles. The molecular weight excluding hydrogens is 422 g/mol. The van der Waals surface area contributed by atoms with Gasteiger partial charge in [0.05, 0.1) is 17.4 Å². The molecule has 1 aliphatic rings. The molecule has 1 amide bonds. The average molecular weight is 448 g/mol. The molecule has 1 fully saturated rings. The van der Waals surface area contributed by atoms with Gasteiger partial charge in [-0.2, -0.15) is 0 Å². The van der Waals surface area contributed by atoms with Crippen LogP contribution in [0.4, 0.5) is 5.69 Å². The second-order valence-electron chi connectivity index (χ2n) is 7.12. The Kier molecular flexibility index (Phi) is 7.54. The maximum absolute atomic E-state index is 12.4. The lowest BCUT2D eigenvalue weighted by atomic mass is 10.1. The number of thiocarbonyl (C=S) groups is 1. The van der Waals surface area contributed by atoms with Crippen molar-refractivity contribution in [3.05, 3.63) is 59.7 Å². The fourth-order valence-corrected chi connectivity index (χ4v) is 4.42. The van der Waals surface area contributed by atoms with E-state index in [0.29, 0.717) is 12.3 Å². The van der Waals surface area contributed by atoms with Gasteiger partial charge in [-0.15, -0.1) is 0 Å². The van der Waals surface area contributed by atoms with E-state index in [1.165, 1.54) is 12.1 Å². The van der Waals surface area contributed by atoms with Crippen molar-refractivity contribution in [2.24, 2.45) is 0 Å². The van der Waals surface area contributed by atoms with Crippen LogP contribution in [-0.4, -0.2) is 38.7 Å². The van der Waals surface area contributed by atoms with E-state index in [9.17, 15) is 13.2 Å². The number of rotatable bonds is 7. The molecule has 0 aromatic heterocycles. The fraction of sp³-hybridized carbons (Fsp3) is 0.333. The van der Waals surface area contributed by atoms with Crippen molar-refractivity contribution in [2.75, 3.05) is 18.5 Å². The van der Waals surface area contributed by atoms with E-state index < -0.39 is 10.0 Å². The summed E-state index contributed by atoms with van der Waals surface area (Å²) in [5.74, 6) is -0.223. The molecule has 2 aromatic carbocycles. The van der Waals surface area contributed by atoms with Crippen molar-refractivity contribution in [3.8, 4) is 0 Å². The molecule has 7 nitrogen and oxygen atoms in total. The number of hydrogen-bond donors (Lipinski definition) is 3. The highest BCUT2D eigenvalue weighted by atomic mass is 32.2. The highest BCUT2D eigenvalue weighted by Crippen LogP contribution is 2.16. The third-order valence-corrected chi connectivity index (χ3v) is 6.46. The lowest BCUT2D eigenvalue weighted by molar-refractivity contribution is -0.119. The molecule has 0 bridgehead atoms. The molecule has 0 aliphatic carbocycles. The van der Waals surface area contributed by atoms with E-state index in [2.05, 4.69) is 15.4 Å². The van der Waals surface area contributed by atoms with Crippen molar-refractivity contribution < 1.29 is 17.9 Å². The van der Waals surface area contributed by atoms with Gasteiger partial charge in [0.25, 0.3) is 0 Å². The van der Waals surface area contributed by atoms with E-state index in [1.807, 2.05) is 31.2 Å². The zero-order valence-corrected chi connectivity index (χ0v) is 18.3. The van der Waals surface area contributed by atoms with Gasteiger partial charge >= 0.3 is 0 Å². The van der Waals surface area contributed by atoms with E-state index in [1.54, 1.807) is 12.1 Å². The van der Waals surface area contributed by atoms with Crippen molar-refractivity contribution >= 4 is 38.9 Å². The lowest BCUT2D eigenvalue weighted by Crippen LogP contribution is -2.35. The molecule has 0 spiro atoms. The van der Waals surface area contributed by atoms with Crippen molar-refractivity contribution in [1.29, 1.82) is 0 Å². The number of ether oxygens (including phenoxy) is 1. The van der Waals surface area contributed by atoms with Crippen LogP contribution in [-0.2, 0) is 26.0 Å². The predicted molar refractivity (Wildman–Crippen MR) is 120 cm³/mol. The summed E-state index contributed by atoms with van der Waals surface area (Å²) >= 11 is 5.18. The summed E-state index contributed by atoms with van der Waals surface area (Å²) in [6.07, 6.45) is 1.97. The first-order chi connectivity index (χ1) is 14.3. The molecule has 1 heterocycles. The molecular formula is C21H25N3O4S2. The third-order valence-electron chi connectivity index (χ3n) is 4.81. The molecule has 1 atom stereocenters. The SMILES string of the molecule is Cc1ccccc1CC(=O)NC(=S)Nc1ccc(S(=O)(=O)NCC2CCCO2)cc1. The van der Waals surface area contributed by atoms with E-state index in [0.717, 1.165) is 24.0 Å². The van der Waals surface area contributed by atoms with E-state index >= 15 is 0 Å². The van der Waals surface area contributed by atoms with Gasteiger partial charge in [0.1, 0.15) is 0 Å². The predicted octanol–water partition coefficient (Wildman–Crippen LogP) is 2.51. The Labute approximate surface area is 182 Å². The van der Waals surface area contributed by atoms with Crippen LogP contribution in [0.15, 0.2) is 53.4 Å². The summed E-state index contributed by atoms with van der Waals surface area (Å²) < 4.78 is 32.8. The summed E-state index contributed by atoms with van der Waals surface area (Å²) in [6.45, 7) is 2.89. The van der Waals surface area contributed by atoms with Crippen LogP contribution in [0.25, 0.3) is 0 Å². The standard InChI is InChI=1S/C21H25N3O4S2/c1-15-5-2-3-6-16(15)13-20(25)24-21(29)23-17-8-10-19(11-9-17)30(26,27)22-14-18-7-4-12-28-18/h2-3,5-6,8-11,18,22H,4,7,12-14H2,1H3,(H2,23,24,25,29). The first-order valence-electron chi connectivity index (χ1n) is 9.70. The number of aryl methyl sites for hydroxylation is 1. The molecule has 0 saturated carbocycles. The van der Waals surface area contributed by atoms with Gasteiger partial charge in [-0.25, -0.2) is 13.1 Å². The number of amides is 1. The monoisotopic (exact) mass is 447 g/mol. The number of sulfonamides is 1. The van der Waals surface area contributed by atoms with Crippen LogP contribution in [0.3, 0.4) is 0 Å². The number of carbonyl (C=O) groups excluding carboxylic acids is 1. The number of nitrogens with one attached hydrogen (secondary N) is 3. The fourth-order valence-electron chi connectivity index (χ4n) is 3.12. The highest BCUT2D eigenvalue weighted by Gasteiger charge is 2.20. The molecule has 3 rings (SSSR count). The van der Waals surface area contributed by atoms with Crippen molar-refractivity contribution in [1.82, 2.24) is 10.0 Å². The topological polar surface area (TPSA) is 96.5 Å². The van der Waals surface area contributed by atoms with E-state index in [-0.39, 0.29) is 35.0 Å². The Morgan fingerprint density at radius 1 is 1.17 bits per heavy atom. The lowest BCUT2D eigenvalue weighted by Gasteiger charge is -2.13. The third kappa shape index (κ3) is 6.33. The zero-order chi connectivity index (χ0) is 21.6. The van der Waals surface area contributed by atoms with Crippen LogP contribution in [0.1, 0.15) is 24.0 Å². The van der Waals surface area contributed by atoms with Crippen molar-refractivity contribution in [2.45, 2.75) is 37.2 Å². The Bertz CT molecular complexity index is 1000. The van der Waals surface area contributed by atoms with Gasteiger partial charge in [-0.3, -0.25) is 4.79 Å². The minimum atomic E-state index is -3.61. The van der Waals surface area contributed by atoms with Crippen LogP contribution in [0.2, 0.25) is 0 Å². The first kappa shape index (κ1) is 22.4. The zero-order valence-electron chi connectivity index (χ0n) is 16.7. The number of anilines is 1. The van der Waals surface area contributed by atoms with Crippen molar-refractivity contribution in [3.63, 3.8) is 0 Å². The molecule has 30 heavy (non-hydrogen) atoms. The molecule has 1 unspecified atom stereocenters. The second-order valence-corrected chi connectivity index (χ2v) is 9.29. The Morgan fingerprint density at radius 3 is 2.57 bits per heavy atom. The van der Waals surface area contributed by atoms with Gasteiger partial charge < -0.3 is 15.4 Å². The Morgan fingerprint density at radius 2 is 1.90 bits per heavy atom. The Balaban J connectivity index is 1.51. The van der Waals surface area contributed by atoms with Gasteiger partial charge in [0.2, 0.25) is 15.9 Å². The van der Waals surface area contributed by atoms with Crippen LogP contribution < -0.4 is 15.4 Å².